The molecule has 0 spiro atoms. The normalized spacial score (nSPS) is 13.4. The van der Waals surface area contributed by atoms with E-state index in [-0.39, 0.29) is 24.3 Å². The van der Waals surface area contributed by atoms with Gasteiger partial charge in [0.05, 0.1) is 0 Å². The summed E-state index contributed by atoms with van der Waals surface area (Å²) in [6, 6.07) is 9.41. The van der Waals surface area contributed by atoms with Crippen LogP contribution in [0.3, 0.4) is 0 Å². The van der Waals surface area contributed by atoms with E-state index >= 15 is 0 Å². The first-order valence-corrected chi connectivity index (χ1v) is 9.95. The SMILES string of the molecule is N[C@@H](Cc1ccc(O)cc1)C(=O)OC(=O)[C@@H](N)Cc1ccc(OP(=O)(O)O)cc1. The smallest absolute Gasteiger partial charge is 0.508 e. The molecule has 0 aliphatic heterocycles. The number of phosphoric ester groups is 1. The first-order valence-electron chi connectivity index (χ1n) is 8.42. The Morgan fingerprint density at radius 1 is 0.862 bits per heavy atom. The second kappa shape index (κ2) is 9.64. The fourth-order valence-corrected chi connectivity index (χ4v) is 2.78. The van der Waals surface area contributed by atoms with Gasteiger partial charge in [-0.1, -0.05) is 24.3 Å². The van der Waals surface area contributed by atoms with Crippen LogP contribution in [0.15, 0.2) is 48.5 Å². The third-order valence-corrected chi connectivity index (χ3v) is 4.25. The molecule has 0 aliphatic rings. The van der Waals surface area contributed by atoms with Gasteiger partial charge in [0.25, 0.3) is 0 Å². The number of phenolic OH excluding ortho intramolecular Hbond substituents is 1. The van der Waals surface area contributed by atoms with Crippen LogP contribution in [0.25, 0.3) is 0 Å². The molecule has 0 unspecified atom stereocenters. The number of esters is 2. The van der Waals surface area contributed by atoms with Gasteiger partial charge in [-0.3, -0.25) is 9.79 Å². The summed E-state index contributed by atoms with van der Waals surface area (Å²) in [6.45, 7) is 0. The molecule has 156 valence electrons. The number of carbonyl (C=O) groups is 2. The molecule has 0 saturated carbocycles. The molecule has 11 heteroatoms. The lowest BCUT2D eigenvalue weighted by atomic mass is 10.1. The van der Waals surface area contributed by atoms with E-state index in [1.54, 1.807) is 12.1 Å². The number of aromatic hydroxyl groups is 1. The molecule has 0 fully saturated rings. The fourth-order valence-electron chi connectivity index (χ4n) is 2.38. The average Bonchev–Trinajstić information content (AvgIpc) is 2.63. The second-order valence-corrected chi connectivity index (χ2v) is 7.42. The van der Waals surface area contributed by atoms with Crippen molar-refractivity contribution in [3.05, 3.63) is 59.7 Å². The van der Waals surface area contributed by atoms with E-state index in [2.05, 4.69) is 4.52 Å². The van der Waals surface area contributed by atoms with Gasteiger partial charge < -0.3 is 25.8 Å². The quantitative estimate of drug-likeness (QED) is 0.225. The molecule has 0 aliphatic carbocycles. The van der Waals surface area contributed by atoms with Gasteiger partial charge in [0.1, 0.15) is 23.6 Å². The van der Waals surface area contributed by atoms with E-state index in [1.807, 2.05) is 0 Å². The summed E-state index contributed by atoms with van der Waals surface area (Å²) < 4.78 is 19.9. The maximum absolute atomic E-state index is 12.0. The van der Waals surface area contributed by atoms with Crippen molar-refractivity contribution in [2.75, 3.05) is 0 Å². The standard InChI is InChI=1S/C18H21N2O8P/c19-15(9-11-1-5-13(21)6-2-11)17(22)27-18(23)16(20)10-12-3-7-14(8-4-12)28-29(24,25)26/h1-8,15-16,21H,9-10,19-20H2,(H2,24,25,26)/t15-,16-/m0/s1. The van der Waals surface area contributed by atoms with Crippen molar-refractivity contribution in [2.24, 2.45) is 11.5 Å². The predicted octanol–water partition coefficient (Wildman–Crippen LogP) is 0.373. The van der Waals surface area contributed by atoms with Crippen LogP contribution in [0.1, 0.15) is 11.1 Å². The highest BCUT2D eigenvalue weighted by atomic mass is 31.2. The van der Waals surface area contributed by atoms with Crippen molar-refractivity contribution in [1.82, 2.24) is 0 Å². The molecular formula is C18H21N2O8P. The van der Waals surface area contributed by atoms with Crippen LogP contribution in [-0.4, -0.2) is 38.9 Å². The summed E-state index contributed by atoms with van der Waals surface area (Å²) in [5, 5.41) is 9.24. The molecule has 2 rings (SSSR count). The Bertz CT molecular complexity index is 895. The van der Waals surface area contributed by atoms with Crippen molar-refractivity contribution >= 4 is 19.8 Å². The third kappa shape index (κ3) is 7.65. The van der Waals surface area contributed by atoms with Crippen LogP contribution < -0.4 is 16.0 Å². The number of hydrogen-bond donors (Lipinski definition) is 5. The number of hydrogen-bond acceptors (Lipinski definition) is 8. The van der Waals surface area contributed by atoms with Crippen LogP contribution in [0.4, 0.5) is 0 Å². The van der Waals surface area contributed by atoms with Crippen molar-refractivity contribution in [2.45, 2.75) is 24.9 Å². The topological polar surface area (TPSA) is 182 Å². The van der Waals surface area contributed by atoms with E-state index < -0.39 is 31.8 Å². The summed E-state index contributed by atoms with van der Waals surface area (Å²) in [4.78, 5) is 41.5. The summed E-state index contributed by atoms with van der Waals surface area (Å²) in [5.74, 6) is -1.85. The minimum atomic E-state index is -4.66. The predicted molar refractivity (Wildman–Crippen MR) is 102 cm³/mol. The van der Waals surface area contributed by atoms with E-state index in [1.165, 1.54) is 36.4 Å². The number of carbonyl (C=O) groups excluding carboxylic acids is 2. The van der Waals surface area contributed by atoms with Crippen molar-refractivity contribution in [1.29, 1.82) is 0 Å². The lowest BCUT2D eigenvalue weighted by molar-refractivity contribution is -0.161. The highest BCUT2D eigenvalue weighted by Crippen LogP contribution is 2.37. The van der Waals surface area contributed by atoms with Crippen molar-refractivity contribution in [3.63, 3.8) is 0 Å². The van der Waals surface area contributed by atoms with Gasteiger partial charge in [-0.05, 0) is 48.2 Å². The maximum atomic E-state index is 12.0. The van der Waals surface area contributed by atoms with Crippen LogP contribution in [0.5, 0.6) is 11.5 Å². The van der Waals surface area contributed by atoms with E-state index in [0.717, 1.165) is 0 Å². The Kier molecular flexibility index (Phi) is 7.49. The molecule has 0 amide bonds. The Hall–Kier alpha value is -2.75. The number of rotatable bonds is 8. The maximum Gasteiger partial charge on any atom is 0.524 e. The zero-order chi connectivity index (χ0) is 21.6. The van der Waals surface area contributed by atoms with Gasteiger partial charge in [-0.25, -0.2) is 14.2 Å². The lowest BCUT2D eigenvalue weighted by Crippen LogP contribution is -2.41. The number of benzene rings is 2. The van der Waals surface area contributed by atoms with Crippen LogP contribution in [0.2, 0.25) is 0 Å². The van der Waals surface area contributed by atoms with Crippen LogP contribution in [0, 0.1) is 0 Å². The number of phenols is 1. The first-order chi connectivity index (χ1) is 13.5. The molecule has 7 N–H and O–H groups in total. The fraction of sp³-hybridized carbons (Fsp3) is 0.222. The summed E-state index contributed by atoms with van der Waals surface area (Å²) in [6.07, 6.45) is 0.137. The Balaban J connectivity index is 1.86. The van der Waals surface area contributed by atoms with Gasteiger partial charge in [-0.15, -0.1) is 0 Å². The van der Waals surface area contributed by atoms with Crippen LogP contribution in [-0.2, 0) is 31.7 Å². The molecule has 2 atom stereocenters. The Labute approximate surface area is 166 Å². The molecular weight excluding hydrogens is 403 g/mol. The molecule has 2 aromatic carbocycles. The zero-order valence-electron chi connectivity index (χ0n) is 15.2. The van der Waals surface area contributed by atoms with Gasteiger partial charge in [-0.2, -0.15) is 0 Å². The lowest BCUT2D eigenvalue weighted by Gasteiger charge is -2.14. The van der Waals surface area contributed by atoms with E-state index in [0.29, 0.717) is 11.1 Å². The zero-order valence-corrected chi connectivity index (χ0v) is 16.1. The van der Waals surface area contributed by atoms with Gasteiger partial charge in [0.15, 0.2) is 0 Å². The molecule has 0 saturated heterocycles. The number of ether oxygens (including phenoxy) is 1. The van der Waals surface area contributed by atoms with Crippen molar-refractivity contribution in [3.8, 4) is 11.5 Å². The molecule has 2 aromatic rings. The molecule has 10 nitrogen and oxygen atoms in total. The molecule has 0 aromatic heterocycles. The minimum absolute atomic E-state index is 0.0233. The summed E-state index contributed by atoms with van der Waals surface area (Å²) >= 11 is 0. The molecule has 0 bridgehead atoms. The first kappa shape index (κ1) is 22.5. The van der Waals surface area contributed by atoms with Crippen LogP contribution >= 0.6 is 7.82 Å². The number of nitrogens with two attached hydrogens (primary N) is 2. The van der Waals surface area contributed by atoms with Crippen molar-refractivity contribution < 1.29 is 38.3 Å². The minimum Gasteiger partial charge on any atom is -0.508 e. The average molecular weight is 424 g/mol. The summed E-state index contributed by atoms with van der Waals surface area (Å²) in [5.41, 5.74) is 12.7. The number of phosphoric acid groups is 1. The van der Waals surface area contributed by atoms with Gasteiger partial charge in [0, 0.05) is 0 Å². The van der Waals surface area contributed by atoms with E-state index in [9.17, 15) is 19.3 Å². The molecule has 29 heavy (non-hydrogen) atoms. The Morgan fingerprint density at radius 2 is 1.28 bits per heavy atom. The summed E-state index contributed by atoms with van der Waals surface area (Å²) in [7, 11) is -4.66. The molecule has 0 heterocycles. The largest absolute Gasteiger partial charge is 0.524 e. The van der Waals surface area contributed by atoms with Gasteiger partial charge in [0.2, 0.25) is 0 Å². The second-order valence-electron chi connectivity index (χ2n) is 6.25. The van der Waals surface area contributed by atoms with E-state index in [4.69, 9.17) is 26.0 Å². The monoisotopic (exact) mass is 424 g/mol. The third-order valence-electron chi connectivity index (χ3n) is 3.80. The van der Waals surface area contributed by atoms with Gasteiger partial charge >= 0.3 is 19.8 Å². The molecule has 0 radical (unpaired) electrons. The highest BCUT2D eigenvalue weighted by molar-refractivity contribution is 7.46. The highest BCUT2D eigenvalue weighted by Gasteiger charge is 2.24. The Morgan fingerprint density at radius 3 is 1.69 bits per heavy atom.